The minimum absolute atomic E-state index is 0.383. The number of halogens is 1. The molecule has 0 aliphatic heterocycles. The Labute approximate surface area is 98.0 Å². The molecule has 0 bridgehead atoms. The van der Waals surface area contributed by atoms with Crippen LogP contribution in [0.4, 0.5) is 5.69 Å². The zero-order valence-electron chi connectivity index (χ0n) is 8.43. The van der Waals surface area contributed by atoms with Crippen LogP contribution in [0.5, 0.6) is 5.88 Å². The number of rotatable bonds is 3. The molecule has 1 aromatic heterocycles. The van der Waals surface area contributed by atoms with E-state index in [0.717, 1.165) is 11.3 Å². The Balaban J connectivity index is 2.02. The van der Waals surface area contributed by atoms with Gasteiger partial charge in [-0.1, -0.05) is 23.7 Å². The number of hydrogen-bond acceptors (Lipinski definition) is 4. The van der Waals surface area contributed by atoms with Crippen molar-refractivity contribution in [2.24, 2.45) is 0 Å². The fourth-order valence-corrected chi connectivity index (χ4v) is 1.33. The first kappa shape index (κ1) is 10.7. The number of nitrogen functional groups attached to an aromatic ring is 1. The predicted molar refractivity (Wildman–Crippen MR) is 62.2 cm³/mol. The molecule has 0 spiro atoms. The number of hydrogen-bond donors (Lipinski definition) is 1. The van der Waals surface area contributed by atoms with Gasteiger partial charge in [0, 0.05) is 5.69 Å². The summed E-state index contributed by atoms with van der Waals surface area (Å²) in [5, 5.41) is 0.401. The molecule has 1 aromatic carbocycles. The van der Waals surface area contributed by atoms with E-state index in [-0.39, 0.29) is 0 Å². The highest BCUT2D eigenvalue weighted by Crippen LogP contribution is 2.20. The van der Waals surface area contributed by atoms with Gasteiger partial charge in [0.05, 0.1) is 6.20 Å². The summed E-state index contributed by atoms with van der Waals surface area (Å²) < 4.78 is 5.44. The molecule has 16 heavy (non-hydrogen) atoms. The Morgan fingerprint density at radius 1 is 1.25 bits per heavy atom. The van der Waals surface area contributed by atoms with Gasteiger partial charge in [0.15, 0.2) is 0 Å². The maximum atomic E-state index is 5.85. The zero-order valence-corrected chi connectivity index (χ0v) is 9.19. The average molecular weight is 236 g/mol. The first-order chi connectivity index (χ1) is 7.75. The summed E-state index contributed by atoms with van der Waals surface area (Å²) in [4.78, 5) is 7.69. The molecule has 0 amide bonds. The van der Waals surface area contributed by atoms with Gasteiger partial charge in [-0.3, -0.25) is 0 Å². The summed E-state index contributed by atoms with van der Waals surface area (Å²) >= 11 is 5.85. The third-order valence-corrected chi connectivity index (χ3v) is 2.25. The van der Waals surface area contributed by atoms with E-state index in [1.165, 1.54) is 12.5 Å². The van der Waals surface area contributed by atoms with E-state index >= 15 is 0 Å². The molecule has 0 aliphatic rings. The lowest BCUT2D eigenvalue weighted by Gasteiger charge is -2.06. The fraction of sp³-hybridized carbons (Fsp3) is 0.0909. The third-order valence-electron chi connectivity index (χ3n) is 1.99. The summed E-state index contributed by atoms with van der Waals surface area (Å²) in [6.07, 6.45) is 2.89. The summed E-state index contributed by atoms with van der Waals surface area (Å²) in [5.41, 5.74) is 7.30. The highest BCUT2D eigenvalue weighted by molar-refractivity contribution is 6.31. The van der Waals surface area contributed by atoms with E-state index < -0.39 is 0 Å². The number of nitrogens with two attached hydrogens (primary N) is 1. The highest BCUT2D eigenvalue weighted by Gasteiger charge is 2.02. The lowest BCUT2D eigenvalue weighted by Crippen LogP contribution is -1.98. The van der Waals surface area contributed by atoms with Crippen LogP contribution in [0, 0.1) is 0 Å². The summed E-state index contributed by atoms with van der Waals surface area (Å²) in [7, 11) is 0. The molecule has 2 aromatic rings. The van der Waals surface area contributed by atoms with Crippen molar-refractivity contribution >= 4 is 17.3 Å². The molecule has 0 saturated carbocycles. The number of anilines is 1. The molecule has 4 nitrogen and oxygen atoms in total. The van der Waals surface area contributed by atoms with Gasteiger partial charge < -0.3 is 10.5 Å². The topological polar surface area (TPSA) is 61.0 Å². The van der Waals surface area contributed by atoms with Crippen molar-refractivity contribution in [1.29, 1.82) is 0 Å². The molecule has 0 fully saturated rings. The Bertz CT molecular complexity index is 473. The van der Waals surface area contributed by atoms with Gasteiger partial charge in [-0.15, -0.1) is 0 Å². The normalized spacial score (nSPS) is 10.1. The van der Waals surface area contributed by atoms with E-state index in [4.69, 9.17) is 22.1 Å². The van der Waals surface area contributed by atoms with Gasteiger partial charge in [0.1, 0.15) is 18.0 Å². The van der Waals surface area contributed by atoms with E-state index in [2.05, 4.69) is 9.97 Å². The van der Waals surface area contributed by atoms with Crippen molar-refractivity contribution in [3.63, 3.8) is 0 Å². The second-order valence-corrected chi connectivity index (χ2v) is 3.61. The van der Waals surface area contributed by atoms with Crippen LogP contribution >= 0.6 is 11.6 Å². The first-order valence-electron chi connectivity index (χ1n) is 4.68. The van der Waals surface area contributed by atoms with Crippen molar-refractivity contribution in [3.8, 4) is 5.88 Å². The minimum atomic E-state index is 0.383. The fourth-order valence-electron chi connectivity index (χ4n) is 1.17. The average Bonchev–Trinajstić information content (AvgIpc) is 2.30. The lowest BCUT2D eigenvalue weighted by molar-refractivity contribution is 0.293. The predicted octanol–water partition coefficient (Wildman–Crippen LogP) is 2.29. The van der Waals surface area contributed by atoms with Crippen LogP contribution in [-0.4, -0.2) is 9.97 Å². The number of ether oxygens (including phenoxy) is 1. The van der Waals surface area contributed by atoms with Gasteiger partial charge in [0.2, 0.25) is 5.88 Å². The molecule has 1 heterocycles. The van der Waals surface area contributed by atoms with Gasteiger partial charge in [-0.2, -0.15) is 0 Å². The summed E-state index contributed by atoms with van der Waals surface area (Å²) in [6, 6.07) is 7.43. The summed E-state index contributed by atoms with van der Waals surface area (Å²) in [6.45, 7) is 0.400. The number of nitrogens with zero attached hydrogens (tertiary/aromatic N) is 2. The number of benzene rings is 1. The molecule has 0 atom stereocenters. The Hall–Kier alpha value is -1.81. The van der Waals surface area contributed by atoms with E-state index in [1.54, 1.807) is 0 Å². The Morgan fingerprint density at radius 2 is 2.00 bits per heavy atom. The van der Waals surface area contributed by atoms with Crippen LogP contribution < -0.4 is 10.5 Å². The highest BCUT2D eigenvalue weighted by atomic mass is 35.5. The smallest absolute Gasteiger partial charge is 0.236 e. The molecule has 2 rings (SSSR count). The standard InChI is InChI=1S/C11H10ClN3O/c12-10-5-14-7-15-11(10)16-6-8-1-3-9(13)4-2-8/h1-5,7H,6,13H2. The van der Waals surface area contributed by atoms with Crippen LogP contribution in [0.2, 0.25) is 5.02 Å². The molecule has 0 radical (unpaired) electrons. The van der Waals surface area contributed by atoms with Crippen molar-refractivity contribution in [2.45, 2.75) is 6.61 Å². The largest absolute Gasteiger partial charge is 0.472 e. The molecule has 0 unspecified atom stereocenters. The van der Waals surface area contributed by atoms with E-state index in [9.17, 15) is 0 Å². The second kappa shape index (κ2) is 4.81. The second-order valence-electron chi connectivity index (χ2n) is 3.21. The van der Waals surface area contributed by atoms with Crippen LogP contribution in [0.15, 0.2) is 36.8 Å². The minimum Gasteiger partial charge on any atom is -0.472 e. The monoisotopic (exact) mass is 235 g/mol. The van der Waals surface area contributed by atoms with Gasteiger partial charge in [0.25, 0.3) is 0 Å². The van der Waals surface area contributed by atoms with Gasteiger partial charge in [-0.25, -0.2) is 9.97 Å². The molecule has 0 saturated heterocycles. The molecule has 5 heteroatoms. The SMILES string of the molecule is Nc1ccc(COc2ncncc2Cl)cc1. The summed E-state index contributed by atoms with van der Waals surface area (Å²) in [5.74, 6) is 0.383. The van der Waals surface area contributed by atoms with Crippen molar-refractivity contribution in [1.82, 2.24) is 9.97 Å². The van der Waals surface area contributed by atoms with Crippen molar-refractivity contribution < 1.29 is 4.74 Å². The molecule has 2 N–H and O–H groups in total. The lowest BCUT2D eigenvalue weighted by atomic mass is 10.2. The van der Waals surface area contributed by atoms with Gasteiger partial charge >= 0.3 is 0 Å². The molecular weight excluding hydrogens is 226 g/mol. The quantitative estimate of drug-likeness (QED) is 0.830. The zero-order chi connectivity index (χ0) is 11.4. The number of aromatic nitrogens is 2. The maximum absolute atomic E-state index is 5.85. The van der Waals surface area contributed by atoms with Crippen LogP contribution in [-0.2, 0) is 6.61 Å². The van der Waals surface area contributed by atoms with Crippen LogP contribution in [0.3, 0.4) is 0 Å². The Morgan fingerprint density at radius 3 is 2.69 bits per heavy atom. The first-order valence-corrected chi connectivity index (χ1v) is 5.06. The van der Waals surface area contributed by atoms with Gasteiger partial charge in [-0.05, 0) is 17.7 Å². The van der Waals surface area contributed by atoms with Crippen LogP contribution in [0.1, 0.15) is 5.56 Å². The van der Waals surface area contributed by atoms with E-state index in [1.807, 2.05) is 24.3 Å². The molecular formula is C11H10ClN3O. The molecule has 82 valence electrons. The molecule has 0 aliphatic carbocycles. The van der Waals surface area contributed by atoms with Crippen LogP contribution in [0.25, 0.3) is 0 Å². The maximum Gasteiger partial charge on any atom is 0.236 e. The van der Waals surface area contributed by atoms with Crippen molar-refractivity contribution in [2.75, 3.05) is 5.73 Å². The van der Waals surface area contributed by atoms with E-state index in [0.29, 0.717) is 17.5 Å². The Kier molecular flexibility index (Phi) is 3.22. The van der Waals surface area contributed by atoms with Crippen molar-refractivity contribution in [3.05, 3.63) is 47.4 Å². The third kappa shape index (κ3) is 2.61.